The van der Waals surface area contributed by atoms with Gasteiger partial charge in [0.1, 0.15) is 23.9 Å². The van der Waals surface area contributed by atoms with E-state index in [2.05, 4.69) is 0 Å². The summed E-state index contributed by atoms with van der Waals surface area (Å²) >= 11 is 1.22. The van der Waals surface area contributed by atoms with Gasteiger partial charge in [-0.3, -0.25) is 9.36 Å². The van der Waals surface area contributed by atoms with Gasteiger partial charge in [0.25, 0.3) is 5.56 Å². The van der Waals surface area contributed by atoms with Crippen molar-refractivity contribution in [3.8, 4) is 11.5 Å². The van der Waals surface area contributed by atoms with E-state index >= 15 is 0 Å². The lowest BCUT2D eigenvalue weighted by molar-refractivity contribution is -0.138. The van der Waals surface area contributed by atoms with Gasteiger partial charge in [-0.15, -0.1) is 0 Å². The molecule has 1 aliphatic rings. The second kappa shape index (κ2) is 13.7. The largest absolute Gasteiger partial charge is 0.497 e. The van der Waals surface area contributed by atoms with Gasteiger partial charge < -0.3 is 14.2 Å². The Kier molecular flexibility index (Phi) is 8.91. The van der Waals surface area contributed by atoms with E-state index in [4.69, 9.17) is 19.2 Å². The first-order valence-corrected chi connectivity index (χ1v) is 16.6. The fourth-order valence-electron chi connectivity index (χ4n) is 6.02. The van der Waals surface area contributed by atoms with E-state index in [1.54, 1.807) is 42.9 Å². The monoisotopic (exact) mass is 670 g/mol. The number of carbonyl (C=O) groups is 1. The van der Waals surface area contributed by atoms with Crippen LogP contribution in [0.1, 0.15) is 35.2 Å². The number of benzene rings is 5. The second-order valence-electron chi connectivity index (χ2n) is 11.3. The molecule has 0 amide bonds. The first kappa shape index (κ1) is 31.8. The van der Waals surface area contributed by atoms with E-state index in [1.807, 2.05) is 91.0 Å². The van der Waals surface area contributed by atoms with E-state index < -0.39 is 12.0 Å². The van der Waals surface area contributed by atoms with Crippen LogP contribution >= 0.6 is 11.3 Å². The predicted molar refractivity (Wildman–Crippen MR) is 189 cm³/mol. The van der Waals surface area contributed by atoms with Crippen molar-refractivity contribution in [3.05, 3.63) is 169 Å². The lowest BCUT2D eigenvalue weighted by atomic mass is 9.93. The third-order valence-electron chi connectivity index (χ3n) is 8.33. The molecule has 7 nitrogen and oxygen atoms in total. The highest BCUT2D eigenvalue weighted by Crippen LogP contribution is 2.36. The minimum absolute atomic E-state index is 0.00623. The lowest BCUT2D eigenvalue weighted by Crippen LogP contribution is -2.40. The summed E-state index contributed by atoms with van der Waals surface area (Å²) in [5, 5.41) is 1.81. The van der Waals surface area contributed by atoms with Gasteiger partial charge in [0.05, 0.1) is 35.6 Å². The molecule has 0 aliphatic carbocycles. The number of carbonyl (C=O) groups excluding carboxylic acids is 1. The molecular weight excluding hydrogens is 640 g/mol. The number of esters is 1. The number of aromatic nitrogens is 1. The summed E-state index contributed by atoms with van der Waals surface area (Å²) in [6, 6.07) is 33.9. The number of hydrogen-bond donors (Lipinski definition) is 0. The Bertz CT molecular complexity index is 2420. The van der Waals surface area contributed by atoms with Crippen molar-refractivity contribution in [2.45, 2.75) is 19.6 Å². The number of halogens is 1. The maximum Gasteiger partial charge on any atom is 0.338 e. The minimum Gasteiger partial charge on any atom is -0.497 e. The number of methoxy groups -OCH3 is 1. The van der Waals surface area contributed by atoms with Gasteiger partial charge in [-0.1, -0.05) is 102 Å². The van der Waals surface area contributed by atoms with E-state index in [9.17, 15) is 14.0 Å². The highest BCUT2D eigenvalue weighted by Gasteiger charge is 2.35. The smallest absolute Gasteiger partial charge is 0.338 e. The highest BCUT2D eigenvalue weighted by molar-refractivity contribution is 7.07. The molecule has 0 radical (unpaired) electrons. The Balaban J connectivity index is 1.47. The van der Waals surface area contributed by atoms with Crippen molar-refractivity contribution in [1.29, 1.82) is 0 Å². The van der Waals surface area contributed by atoms with Crippen LogP contribution in [-0.2, 0) is 16.1 Å². The van der Waals surface area contributed by atoms with Crippen LogP contribution in [0.15, 0.2) is 131 Å². The zero-order chi connectivity index (χ0) is 33.9. The summed E-state index contributed by atoms with van der Waals surface area (Å²) in [7, 11) is 1.57. The first-order valence-electron chi connectivity index (χ1n) is 15.8. The van der Waals surface area contributed by atoms with E-state index in [-0.39, 0.29) is 30.2 Å². The third kappa shape index (κ3) is 6.16. The maximum atomic E-state index is 14.6. The van der Waals surface area contributed by atoms with Crippen molar-refractivity contribution in [1.82, 2.24) is 4.57 Å². The maximum absolute atomic E-state index is 14.6. The molecule has 2 heterocycles. The molecule has 49 heavy (non-hydrogen) atoms. The van der Waals surface area contributed by atoms with Crippen LogP contribution in [0.2, 0.25) is 0 Å². The van der Waals surface area contributed by atoms with E-state index in [0.29, 0.717) is 48.8 Å². The molecule has 0 fully saturated rings. The van der Waals surface area contributed by atoms with Crippen LogP contribution < -0.4 is 24.4 Å². The molecule has 0 spiro atoms. The van der Waals surface area contributed by atoms with Gasteiger partial charge in [-0.2, -0.15) is 0 Å². The lowest BCUT2D eigenvalue weighted by Gasteiger charge is -2.26. The Morgan fingerprint density at radius 3 is 2.51 bits per heavy atom. The van der Waals surface area contributed by atoms with E-state index in [1.165, 1.54) is 17.4 Å². The average molecular weight is 671 g/mol. The fraction of sp³-hybridized carbons (Fsp3) is 0.125. The molecule has 0 unspecified atom stereocenters. The Labute approximate surface area is 285 Å². The second-order valence-corrected chi connectivity index (χ2v) is 12.3. The third-order valence-corrected chi connectivity index (χ3v) is 9.31. The van der Waals surface area contributed by atoms with Crippen molar-refractivity contribution in [2.75, 3.05) is 13.7 Å². The summed E-state index contributed by atoms with van der Waals surface area (Å²) in [6.45, 7) is 1.90. The standard InChI is InChI=1S/C40H31FN2O5S/c1-3-47-39(45)35-36(26-13-5-4-6-14-26)42-40-43(37(35)27-16-11-17-29(22-27)46-2)38(44)34(49-40)23-31-30-18-9-7-12-25(30)20-21-33(31)48-24-28-15-8-10-19-32(28)41/h4-23,37H,3,24H2,1-2H3/b34-23-/t37-/m1/s1. The van der Waals surface area contributed by atoms with Gasteiger partial charge in [-0.05, 0) is 53.6 Å². The van der Waals surface area contributed by atoms with Crippen molar-refractivity contribution in [2.24, 2.45) is 4.99 Å². The van der Waals surface area contributed by atoms with Gasteiger partial charge in [0.15, 0.2) is 4.80 Å². The summed E-state index contributed by atoms with van der Waals surface area (Å²) in [5.41, 5.74) is 2.81. The number of hydrogen-bond acceptors (Lipinski definition) is 7. The zero-order valence-electron chi connectivity index (χ0n) is 26.8. The number of ether oxygens (including phenoxy) is 3. The summed E-state index contributed by atoms with van der Waals surface area (Å²) in [4.78, 5) is 33.8. The predicted octanol–water partition coefficient (Wildman–Crippen LogP) is 6.82. The Morgan fingerprint density at radius 1 is 0.939 bits per heavy atom. The molecular formula is C40H31FN2O5S. The van der Waals surface area contributed by atoms with Crippen LogP contribution in [0.4, 0.5) is 4.39 Å². The molecule has 1 aliphatic heterocycles. The molecule has 0 saturated heterocycles. The van der Waals surface area contributed by atoms with Crippen molar-refractivity contribution >= 4 is 39.9 Å². The molecule has 0 saturated carbocycles. The molecule has 0 bridgehead atoms. The molecule has 1 aromatic heterocycles. The van der Waals surface area contributed by atoms with Gasteiger partial charge in [-0.25, -0.2) is 14.2 Å². The average Bonchev–Trinajstić information content (AvgIpc) is 3.45. The quantitative estimate of drug-likeness (QED) is 0.158. The first-order chi connectivity index (χ1) is 24.0. The number of thiazole rings is 1. The van der Waals surface area contributed by atoms with Crippen LogP contribution in [-0.4, -0.2) is 24.3 Å². The molecule has 5 aromatic carbocycles. The van der Waals surface area contributed by atoms with Gasteiger partial charge in [0.2, 0.25) is 0 Å². The van der Waals surface area contributed by atoms with Crippen LogP contribution in [0.25, 0.3) is 22.5 Å². The number of nitrogens with zero attached hydrogens (tertiary/aromatic N) is 2. The summed E-state index contributed by atoms with van der Waals surface area (Å²) in [6.07, 6.45) is 1.79. The van der Waals surface area contributed by atoms with Crippen molar-refractivity contribution in [3.63, 3.8) is 0 Å². The zero-order valence-corrected chi connectivity index (χ0v) is 27.6. The fourth-order valence-corrected chi connectivity index (χ4v) is 7.00. The minimum atomic E-state index is -0.855. The molecule has 7 rings (SSSR count). The van der Waals surface area contributed by atoms with Crippen LogP contribution in [0.5, 0.6) is 11.5 Å². The van der Waals surface area contributed by atoms with Gasteiger partial charge >= 0.3 is 5.97 Å². The highest BCUT2D eigenvalue weighted by atomic mass is 32.1. The van der Waals surface area contributed by atoms with Gasteiger partial charge in [0, 0.05) is 16.7 Å². The molecule has 1 atom stereocenters. The molecule has 0 N–H and O–H groups in total. The van der Waals surface area contributed by atoms with Crippen LogP contribution in [0.3, 0.4) is 0 Å². The summed E-state index contributed by atoms with van der Waals surface area (Å²) < 4.78 is 33.8. The summed E-state index contributed by atoms with van der Waals surface area (Å²) in [5.74, 6) is 0.148. The topological polar surface area (TPSA) is 79.1 Å². The Morgan fingerprint density at radius 2 is 1.71 bits per heavy atom. The number of rotatable bonds is 9. The molecule has 9 heteroatoms. The van der Waals surface area contributed by atoms with Crippen LogP contribution in [0, 0.1) is 5.82 Å². The normalized spacial score (nSPS) is 14.3. The van der Waals surface area contributed by atoms with E-state index in [0.717, 1.165) is 10.8 Å². The Hall–Kier alpha value is -5.80. The molecule has 6 aromatic rings. The number of fused-ring (bicyclic) bond motifs is 2. The van der Waals surface area contributed by atoms with Crippen molar-refractivity contribution < 1.29 is 23.4 Å². The molecule has 244 valence electrons. The SMILES string of the molecule is CCOC(=O)C1=C(c2ccccc2)N=c2s/c(=C\c3c(OCc4ccccc4F)ccc4ccccc34)c(=O)n2[C@@H]1c1cccc(OC)c1.